The molecule has 0 spiro atoms. The van der Waals surface area contributed by atoms with Gasteiger partial charge in [-0.3, -0.25) is 4.79 Å². The SMILES string of the molecule is COc1ccc(-c2oc3c(CC=C(C)C)c(O)cc(O)c3c(=O)c2OC/C=C/C(=O)O)cc1. The standard InChI is InChI=1S/C25H24O8/c1-14(2)6-11-17-18(26)13-19(27)21-22(30)25(32-12-4-5-20(28)29)23(33-24(17)21)15-7-9-16(31-3)10-8-15/h4-10,13,26-27H,11-12H2,1-3H3,(H,28,29)/b5-4+. The molecule has 0 atom stereocenters. The summed E-state index contributed by atoms with van der Waals surface area (Å²) in [4.78, 5) is 24.1. The molecule has 8 nitrogen and oxygen atoms in total. The third-order valence-electron chi connectivity index (χ3n) is 4.83. The Kier molecular flexibility index (Phi) is 7.07. The van der Waals surface area contributed by atoms with Crippen LogP contribution in [0, 0.1) is 0 Å². The van der Waals surface area contributed by atoms with Crippen LogP contribution in [0.15, 0.2) is 63.3 Å². The molecule has 8 heteroatoms. The third kappa shape index (κ3) is 5.17. The van der Waals surface area contributed by atoms with Gasteiger partial charge in [-0.25, -0.2) is 4.79 Å². The maximum absolute atomic E-state index is 13.4. The van der Waals surface area contributed by atoms with E-state index in [2.05, 4.69) is 0 Å². The van der Waals surface area contributed by atoms with E-state index in [1.165, 1.54) is 13.2 Å². The summed E-state index contributed by atoms with van der Waals surface area (Å²) in [6.07, 6.45) is 4.26. The number of hydrogen-bond donors (Lipinski definition) is 3. The Labute approximate surface area is 189 Å². The quantitative estimate of drug-likeness (QED) is 0.339. The van der Waals surface area contributed by atoms with Crippen molar-refractivity contribution in [2.75, 3.05) is 13.7 Å². The molecule has 0 amide bonds. The molecule has 0 aliphatic heterocycles. The number of carbonyl (C=O) groups is 1. The normalized spacial score (nSPS) is 11.0. The molecule has 0 aliphatic rings. The first-order valence-corrected chi connectivity index (χ1v) is 10.1. The number of aromatic hydroxyl groups is 2. The highest BCUT2D eigenvalue weighted by atomic mass is 16.5. The third-order valence-corrected chi connectivity index (χ3v) is 4.83. The molecular weight excluding hydrogens is 428 g/mol. The summed E-state index contributed by atoms with van der Waals surface area (Å²) in [6, 6.07) is 7.78. The van der Waals surface area contributed by atoms with Gasteiger partial charge >= 0.3 is 5.97 Å². The Balaban J connectivity index is 2.29. The minimum absolute atomic E-state index is 0.0363. The van der Waals surface area contributed by atoms with Crippen LogP contribution in [0.2, 0.25) is 0 Å². The van der Waals surface area contributed by atoms with Crippen LogP contribution in [0.5, 0.6) is 23.0 Å². The minimum Gasteiger partial charge on any atom is -0.507 e. The highest BCUT2D eigenvalue weighted by Gasteiger charge is 2.23. The summed E-state index contributed by atoms with van der Waals surface area (Å²) in [7, 11) is 1.52. The molecule has 0 fully saturated rings. The summed E-state index contributed by atoms with van der Waals surface area (Å²) in [5, 5.41) is 29.5. The van der Waals surface area contributed by atoms with Gasteiger partial charge in [-0.15, -0.1) is 0 Å². The van der Waals surface area contributed by atoms with E-state index >= 15 is 0 Å². The van der Waals surface area contributed by atoms with Crippen LogP contribution < -0.4 is 14.9 Å². The number of allylic oxidation sites excluding steroid dienone is 2. The number of hydrogen-bond acceptors (Lipinski definition) is 7. The van der Waals surface area contributed by atoms with Gasteiger partial charge in [-0.1, -0.05) is 11.6 Å². The molecule has 0 aliphatic carbocycles. The summed E-state index contributed by atoms with van der Waals surface area (Å²) >= 11 is 0. The highest BCUT2D eigenvalue weighted by molar-refractivity contribution is 5.91. The zero-order chi connectivity index (χ0) is 24.1. The Morgan fingerprint density at radius 2 is 1.82 bits per heavy atom. The number of carboxylic acid groups (broad SMARTS) is 1. The molecule has 0 unspecified atom stereocenters. The second-order valence-corrected chi connectivity index (χ2v) is 7.45. The van der Waals surface area contributed by atoms with Crippen molar-refractivity contribution in [1.29, 1.82) is 0 Å². The lowest BCUT2D eigenvalue weighted by molar-refractivity contribution is -0.131. The van der Waals surface area contributed by atoms with Crippen molar-refractivity contribution in [2.45, 2.75) is 20.3 Å². The van der Waals surface area contributed by atoms with E-state index in [0.717, 1.165) is 17.7 Å². The number of ether oxygens (including phenoxy) is 2. The molecule has 33 heavy (non-hydrogen) atoms. The lowest BCUT2D eigenvalue weighted by Gasteiger charge is -2.14. The maximum Gasteiger partial charge on any atom is 0.328 e. The van der Waals surface area contributed by atoms with Gasteiger partial charge in [-0.2, -0.15) is 0 Å². The van der Waals surface area contributed by atoms with Gasteiger partial charge in [0.15, 0.2) is 5.76 Å². The van der Waals surface area contributed by atoms with E-state index in [4.69, 9.17) is 19.0 Å². The maximum atomic E-state index is 13.4. The van der Waals surface area contributed by atoms with Crippen molar-refractivity contribution >= 4 is 16.9 Å². The molecule has 2 aromatic carbocycles. The fraction of sp³-hybridized carbons (Fsp3) is 0.200. The molecule has 3 N–H and O–H groups in total. The van der Waals surface area contributed by atoms with Gasteiger partial charge in [0.2, 0.25) is 11.2 Å². The Morgan fingerprint density at radius 3 is 2.42 bits per heavy atom. The van der Waals surface area contributed by atoms with Gasteiger partial charge in [0.1, 0.15) is 34.8 Å². The monoisotopic (exact) mass is 452 g/mol. The van der Waals surface area contributed by atoms with Crippen LogP contribution in [-0.2, 0) is 11.2 Å². The average Bonchev–Trinajstić information content (AvgIpc) is 2.76. The smallest absolute Gasteiger partial charge is 0.328 e. The molecule has 0 radical (unpaired) electrons. The molecule has 1 heterocycles. The van der Waals surface area contributed by atoms with Crippen molar-refractivity contribution in [1.82, 2.24) is 0 Å². The van der Waals surface area contributed by atoms with Crippen molar-refractivity contribution in [3.05, 3.63) is 69.9 Å². The second kappa shape index (κ2) is 9.95. The zero-order valence-corrected chi connectivity index (χ0v) is 18.4. The number of methoxy groups -OCH3 is 1. The van der Waals surface area contributed by atoms with E-state index in [9.17, 15) is 19.8 Å². The van der Waals surface area contributed by atoms with Gasteiger partial charge < -0.3 is 29.2 Å². The summed E-state index contributed by atoms with van der Waals surface area (Å²) in [6.45, 7) is 3.58. The first-order chi connectivity index (χ1) is 15.7. The van der Waals surface area contributed by atoms with Gasteiger partial charge in [0.25, 0.3) is 0 Å². The Bertz CT molecular complexity index is 1290. The van der Waals surface area contributed by atoms with Crippen molar-refractivity contribution < 1.29 is 34.0 Å². The van der Waals surface area contributed by atoms with Crippen LogP contribution in [-0.4, -0.2) is 35.0 Å². The molecule has 3 rings (SSSR count). The van der Waals surface area contributed by atoms with E-state index in [0.29, 0.717) is 16.9 Å². The number of phenolic OH excluding ortho intramolecular Hbond substituents is 2. The predicted molar refractivity (Wildman–Crippen MR) is 123 cm³/mol. The minimum atomic E-state index is -1.16. The molecule has 172 valence electrons. The second-order valence-electron chi connectivity index (χ2n) is 7.45. The lowest BCUT2D eigenvalue weighted by atomic mass is 10.0. The Morgan fingerprint density at radius 1 is 1.12 bits per heavy atom. The van der Waals surface area contributed by atoms with E-state index in [1.54, 1.807) is 24.3 Å². The largest absolute Gasteiger partial charge is 0.507 e. The summed E-state index contributed by atoms with van der Waals surface area (Å²) < 4.78 is 16.8. The first kappa shape index (κ1) is 23.5. The fourth-order valence-electron chi connectivity index (χ4n) is 3.22. The number of aliphatic carboxylic acids is 1. The van der Waals surface area contributed by atoms with E-state index < -0.39 is 17.1 Å². The molecule has 1 aromatic heterocycles. The fourth-order valence-corrected chi connectivity index (χ4v) is 3.22. The summed E-state index contributed by atoms with van der Waals surface area (Å²) in [5.74, 6) is -1.35. The average molecular weight is 452 g/mol. The number of benzene rings is 2. The molecule has 3 aromatic rings. The number of fused-ring (bicyclic) bond motifs is 1. The van der Waals surface area contributed by atoms with Crippen molar-refractivity contribution in [2.24, 2.45) is 0 Å². The molecular formula is C25H24O8. The van der Waals surface area contributed by atoms with Gasteiger partial charge in [0, 0.05) is 23.3 Å². The van der Waals surface area contributed by atoms with E-state index in [1.807, 2.05) is 19.9 Å². The molecule has 0 saturated carbocycles. The highest BCUT2D eigenvalue weighted by Crippen LogP contribution is 2.39. The number of phenols is 2. The summed E-state index contributed by atoms with van der Waals surface area (Å²) in [5.41, 5.74) is 1.21. The topological polar surface area (TPSA) is 126 Å². The lowest BCUT2D eigenvalue weighted by Crippen LogP contribution is -2.11. The molecule has 0 saturated heterocycles. The van der Waals surface area contributed by atoms with Crippen LogP contribution >= 0.6 is 0 Å². The zero-order valence-electron chi connectivity index (χ0n) is 18.4. The van der Waals surface area contributed by atoms with Crippen LogP contribution in [0.1, 0.15) is 19.4 Å². The van der Waals surface area contributed by atoms with Crippen molar-refractivity contribution in [3.8, 4) is 34.3 Å². The number of rotatable bonds is 8. The number of carboxylic acids is 1. The molecule has 0 bridgehead atoms. The van der Waals surface area contributed by atoms with Gasteiger partial charge in [0.05, 0.1) is 7.11 Å². The van der Waals surface area contributed by atoms with Crippen molar-refractivity contribution in [3.63, 3.8) is 0 Å². The van der Waals surface area contributed by atoms with Gasteiger partial charge in [-0.05, 0) is 50.6 Å². The van der Waals surface area contributed by atoms with Crippen LogP contribution in [0.25, 0.3) is 22.3 Å². The Hall–Kier alpha value is -4.20. The van der Waals surface area contributed by atoms with Crippen LogP contribution in [0.3, 0.4) is 0 Å². The first-order valence-electron chi connectivity index (χ1n) is 10.1. The van der Waals surface area contributed by atoms with E-state index in [-0.39, 0.29) is 41.3 Å². The van der Waals surface area contributed by atoms with Crippen LogP contribution in [0.4, 0.5) is 0 Å². The predicted octanol–water partition coefficient (Wildman–Crippen LogP) is 4.41.